The highest BCUT2D eigenvalue weighted by molar-refractivity contribution is 7.14. The van der Waals surface area contributed by atoms with E-state index in [1.807, 2.05) is 12.1 Å². The molecule has 21 heavy (non-hydrogen) atoms. The number of urea groups is 1. The highest BCUT2D eigenvalue weighted by Gasteiger charge is 2.16. The van der Waals surface area contributed by atoms with Gasteiger partial charge in [-0.25, -0.2) is 9.59 Å². The molecule has 0 unspecified atom stereocenters. The van der Waals surface area contributed by atoms with Crippen molar-refractivity contribution in [3.63, 3.8) is 0 Å². The summed E-state index contributed by atoms with van der Waals surface area (Å²) in [4.78, 5) is 24.5. The zero-order chi connectivity index (χ0) is 15.4. The number of carbonyl (C=O) groups is 2. The molecule has 2 N–H and O–H groups in total. The first-order valence-corrected chi connectivity index (χ1v) is 7.30. The second kappa shape index (κ2) is 6.60. The first kappa shape index (κ1) is 15.3. The zero-order valence-electron chi connectivity index (χ0n) is 11.2. The number of amides is 2. The third kappa shape index (κ3) is 3.96. The van der Waals surface area contributed by atoms with Crippen LogP contribution in [0.5, 0.6) is 0 Å². The minimum Gasteiger partial charge on any atom is -0.478 e. The van der Waals surface area contributed by atoms with Crippen molar-refractivity contribution in [2.75, 3.05) is 12.4 Å². The predicted molar refractivity (Wildman–Crippen MR) is 83.2 cm³/mol. The second-order valence-corrected chi connectivity index (χ2v) is 5.74. The quantitative estimate of drug-likeness (QED) is 0.899. The number of aromatic carboxylic acids is 1. The van der Waals surface area contributed by atoms with E-state index in [2.05, 4.69) is 5.32 Å². The molecule has 0 atom stereocenters. The first-order valence-electron chi connectivity index (χ1n) is 6.04. The van der Waals surface area contributed by atoms with Gasteiger partial charge in [0.2, 0.25) is 0 Å². The maximum absolute atomic E-state index is 12.1. The highest BCUT2D eigenvalue weighted by atomic mass is 35.5. The standard InChI is InChI=1S/C14H13ClN2O3S/c1-17(8-9-3-2-4-10(15)7-9)14(20)16-12-11(13(18)19)5-6-21-12/h2-7H,8H2,1H3,(H,16,20)(H,18,19). The molecule has 0 aliphatic heterocycles. The van der Waals surface area contributed by atoms with Crippen LogP contribution in [0, 0.1) is 0 Å². The van der Waals surface area contributed by atoms with Gasteiger partial charge in [-0.2, -0.15) is 0 Å². The average Bonchev–Trinajstić information content (AvgIpc) is 2.87. The summed E-state index contributed by atoms with van der Waals surface area (Å²) in [5, 5.41) is 14.1. The Labute approximate surface area is 130 Å². The van der Waals surface area contributed by atoms with E-state index < -0.39 is 5.97 Å². The number of carboxylic acid groups (broad SMARTS) is 1. The van der Waals surface area contributed by atoms with Crippen LogP contribution in [0.1, 0.15) is 15.9 Å². The van der Waals surface area contributed by atoms with Gasteiger partial charge in [-0.05, 0) is 29.1 Å². The first-order chi connectivity index (χ1) is 9.97. The van der Waals surface area contributed by atoms with E-state index in [0.717, 1.165) is 5.56 Å². The Kier molecular flexibility index (Phi) is 4.82. The van der Waals surface area contributed by atoms with Crippen molar-refractivity contribution in [2.24, 2.45) is 0 Å². The number of nitrogens with zero attached hydrogens (tertiary/aromatic N) is 1. The number of hydrogen-bond donors (Lipinski definition) is 2. The van der Waals surface area contributed by atoms with Crippen LogP contribution in [0.4, 0.5) is 9.80 Å². The molecule has 5 nitrogen and oxygen atoms in total. The van der Waals surface area contributed by atoms with Crippen molar-refractivity contribution in [3.8, 4) is 0 Å². The molecule has 1 aromatic heterocycles. The van der Waals surface area contributed by atoms with Crippen LogP contribution < -0.4 is 5.32 Å². The second-order valence-electron chi connectivity index (χ2n) is 4.38. The van der Waals surface area contributed by atoms with Crippen LogP contribution in [-0.2, 0) is 6.54 Å². The minimum absolute atomic E-state index is 0.0875. The molecule has 1 heterocycles. The Hall–Kier alpha value is -2.05. The van der Waals surface area contributed by atoms with E-state index in [9.17, 15) is 9.59 Å². The number of benzene rings is 1. The Morgan fingerprint density at radius 1 is 1.38 bits per heavy atom. The van der Waals surface area contributed by atoms with E-state index in [4.69, 9.17) is 16.7 Å². The summed E-state index contributed by atoms with van der Waals surface area (Å²) in [5.74, 6) is -1.07. The molecular formula is C14H13ClN2O3S. The summed E-state index contributed by atoms with van der Waals surface area (Å²) in [5.41, 5.74) is 0.981. The van der Waals surface area contributed by atoms with Crippen LogP contribution >= 0.6 is 22.9 Å². The van der Waals surface area contributed by atoms with Gasteiger partial charge in [0.1, 0.15) is 5.00 Å². The molecule has 0 saturated carbocycles. The van der Waals surface area contributed by atoms with Crippen LogP contribution in [0.3, 0.4) is 0 Å². The molecule has 0 bridgehead atoms. The number of halogens is 1. The van der Waals surface area contributed by atoms with E-state index in [-0.39, 0.29) is 11.6 Å². The molecule has 0 spiro atoms. The summed E-state index contributed by atoms with van der Waals surface area (Å²) in [6, 6.07) is 8.29. The third-order valence-electron chi connectivity index (χ3n) is 2.77. The predicted octanol–water partition coefficient (Wildman–Crippen LogP) is 3.76. The van der Waals surface area contributed by atoms with Gasteiger partial charge >= 0.3 is 12.0 Å². The molecule has 2 rings (SSSR count). The zero-order valence-corrected chi connectivity index (χ0v) is 12.7. The maximum atomic E-state index is 12.1. The van der Waals surface area contributed by atoms with E-state index in [1.54, 1.807) is 24.6 Å². The molecule has 0 saturated heterocycles. The van der Waals surface area contributed by atoms with Crippen LogP contribution in [0.25, 0.3) is 0 Å². The molecular weight excluding hydrogens is 312 g/mol. The van der Waals surface area contributed by atoms with Crippen LogP contribution in [-0.4, -0.2) is 29.1 Å². The lowest BCUT2D eigenvalue weighted by Gasteiger charge is -2.18. The van der Waals surface area contributed by atoms with Crippen molar-refractivity contribution in [3.05, 3.63) is 51.9 Å². The Morgan fingerprint density at radius 2 is 2.14 bits per heavy atom. The molecule has 1 aromatic carbocycles. The number of anilines is 1. The van der Waals surface area contributed by atoms with Gasteiger partial charge in [-0.1, -0.05) is 23.7 Å². The van der Waals surface area contributed by atoms with Gasteiger partial charge in [0.25, 0.3) is 0 Å². The third-order valence-corrected chi connectivity index (χ3v) is 3.84. The lowest BCUT2D eigenvalue weighted by molar-refractivity contribution is 0.0698. The van der Waals surface area contributed by atoms with E-state index in [1.165, 1.54) is 22.3 Å². The van der Waals surface area contributed by atoms with Crippen molar-refractivity contribution in [1.29, 1.82) is 0 Å². The fraction of sp³-hybridized carbons (Fsp3) is 0.143. The molecule has 0 aliphatic rings. The van der Waals surface area contributed by atoms with Crippen molar-refractivity contribution in [1.82, 2.24) is 4.90 Å². The number of hydrogen-bond acceptors (Lipinski definition) is 3. The van der Waals surface area contributed by atoms with Gasteiger partial charge < -0.3 is 10.0 Å². The van der Waals surface area contributed by atoms with Gasteiger partial charge in [0.15, 0.2) is 0 Å². The van der Waals surface area contributed by atoms with Crippen molar-refractivity contribution in [2.45, 2.75) is 6.54 Å². The monoisotopic (exact) mass is 324 g/mol. The van der Waals surface area contributed by atoms with Gasteiger partial charge in [-0.15, -0.1) is 11.3 Å². The largest absolute Gasteiger partial charge is 0.478 e. The van der Waals surface area contributed by atoms with Gasteiger partial charge in [0, 0.05) is 18.6 Å². The molecule has 2 amide bonds. The molecule has 0 aliphatic carbocycles. The normalized spacial score (nSPS) is 10.2. The Morgan fingerprint density at radius 3 is 2.81 bits per heavy atom. The molecule has 110 valence electrons. The fourth-order valence-electron chi connectivity index (χ4n) is 1.75. The number of thiophene rings is 1. The minimum atomic E-state index is -1.07. The molecule has 2 aromatic rings. The lowest BCUT2D eigenvalue weighted by atomic mass is 10.2. The lowest BCUT2D eigenvalue weighted by Crippen LogP contribution is -2.31. The number of nitrogens with one attached hydrogen (secondary N) is 1. The number of carbonyl (C=O) groups excluding carboxylic acids is 1. The summed E-state index contributed by atoms with van der Waals surface area (Å²) in [6.07, 6.45) is 0. The molecule has 0 radical (unpaired) electrons. The Bertz CT molecular complexity index is 672. The van der Waals surface area contributed by atoms with E-state index >= 15 is 0 Å². The van der Waals surface area contributed by atoms with Crippen molar-refractivity contribution >= 4 is 39.9 Å². The smallest absolute Gasteiger partial charge is 0.338 e. The SMILES string of the molecule is CN(Cc1cccc(Cl)c1)C(=O)Nc1sccc1C(=O)O. The maximum Gasteiger partial charge on any atom is 0.338 e. The summed E-state index contributed by atoms with van der Waals surface area (Å²) in [7, 11) is 1.63. The summed E-state index contributed by atoms with van der Waals surface area (Å²) >= 11 is 7.07. The summed E-state index contributed by atoms with van der Waals surface area (Å²) < 4.78 is 0. The van der Waals surface area contributed by atoms with Crippen molar-refractivity contribution < 1.29 is 14.7 Å². The fourth-order valence-corrected chi connectivity index (χ4v) is 2.73. The van der Waals surface area contributed by atoms with Crippen LogP contribution in [0.15, 0.2) is 35.7 Å². The molecule has 0 fully saturated rings. The van der Waals surface area contributed by atoms with Gasteiger partial charge in [0.05, 0.1) is 5.56 Å². The highest BCUT2D eigenvalue weighted by Crippen LogP contribution is 2.23. The van der Waals surface area contributed by atoms with Crippen LogP contribution in [0.2, 0.25) is 5.02 Å². The molecule has 7 heteroatoms. The van der Waals surface area contributed by atoms with E-state index in [0.29, 0.717) is 16.6 Å². The number of carboxylic acids is 1. The summed E-state index contributed by atoms with van der Waals surface area (Å²) in [6.45, 7) is 0.375. The Balaban J connectivity index is 2.03. The number of rotatable bonds is 4. The topological polar surface area (TPSA) is 69.6 Å². The average molecular weight is 325 g/mol. The van der Waals surface area contributed by atoms with Gasteiger partial charge in [-0.3, -0.25) is 5.32 Å².